The van der Waals surface area contributed by atoms with Gasteiger partial charge in [-0.25, -0.2) is 13.1 Å². The molecule has 0 rings (SSSR count). The summed E-state index contributed by atoms with van der Waals surface area (Å²) in [5.74, 6) is -0.0235. The number of sulfonamides is 1. The van der Waals surface area contributed by atoms with Crippen LogP contribution in [0.4, 0.5) is 0 Å². The molecule has 0 amide bonds. The summed E-state index contributed by atoms with van der Waals surface area (Å²) in [4.78, 5) is 0. The summed E-state index contributed by atoms with van der Waals surface area (Å²) in [6, 6.07) is 0. The van der Waals surface area contributed by atoms with Crippen molar-refractivity contribution in [2.75, 3.05) is 25.5 Å². The fraction of sp³-hybridized carbons (Fsp3) is 1.00. The van der Waals surface area contributed by atoms with E-state index in [0.29, 0.717) is 6.61 Å². The molecular formula is C8H20N2O3S. The number of hydrogen-bond acceptors (Lipinski definition) is 4. The van der Waals surface area contributed by atoms with Crippen molar-refractivity contribution in [1.82, 2.24) is 4.72 Å². The molecule has 0 spiro atoms. The van der Waals surface area contributed by atoms with Crippen molar-refractivity contribution in [3.05, 3.63) is 0 Å². The predicted octanol–water partition coefficient (Wildman–Crippen LogP) is -0.320. The third kappa shape index (κ3) is 6.31. The molecule has 86 valence electrons. The van der Waals surface area contributed by atoms with Gasteiger partial charge in [-0.05, 0) is 20.8 Å². The Labute approximate surface area is 86.1 Å². The van der Waals surface area contributed by atoms with Crippen molar-refractivity contribution in [3.63, 3.8) is 0 Å². The van der Waals surface area contributed by atoms with E-state index < -0.39 is 15.6 Å². The third-order valence-corrected chi connectivity index (χ3v) is 3.21. The van der Waals surface area contributed by atoms with E-state index in [-0.39, 0.29) is 18.9 Å². The van der Waals surface area contributed by atoms with Crippen molar-refractivity contribution in [2.24, 2.45) is 5.73 Å². The van der Waals surface area contributed by atoms with Gasteiger partial charge in [-0.2, -0.15) is 0 Å². The molecule has 3 N–H and O–H groups in total. The molecule has 14 heavy (non-hydrogen) atoms. The summed E-state index contributed by atoms with van der Waals surface area (Å²) >= 11 is 0. The Morgan fingerprint density at radius 3 is 2.43 bits per heavy atom. The van der Waals surface area contributed by atoms with Crippen LogP contribution >= 0.6 is 0 Å². The van der Waals surface area contributed by atoms with Crippen molar-refractivity contribution in [2.45, 2.75) is 26.3 Å². The van der Waals surface area contributed by atoms with Crippen LogP contribution in [0.3, 0.4) is 0 Å². The third-order valence-electron chi connectivity index (χ3n) is 1.64. The highest BCUT2D eigenvalue weighted by Gasteiger charge is 2.22. The fourth-order valence-electron chi connectivity index (χ4n) is 0.827. The molecule has 6 heteroatoms. The molecule has 0 heterocycles. The smallest absolute Gasteiger partial charge is 0.214 e. The molecule has 0 aliphatic carbocycles. The quantitative estimate of drug-likeness (QED) is 0.581. The van der Waals surface area contributed by atoms with Crippen LogP contribution in [0.5, 0.6) is 0 Å². The zero-order chi connectivity index (χ0) is 11.2. The van der Waals surface area contributed by atoms with Crippen molar-refractivity contribution < 1.29 is 13.2 Å². The lowest BCUT2D eigenvalue weighted by atomic mass is 10.1. The maximum atomic E-state index is 11.4. The Morgan fingerprint density at radius 2 is 2.00 bits per heavy atom. The van der Waals surface area contributed by atoms with Gasteiger partial charge in [0.05, 0.1) is 12.4 Å². The largest absolute Gasteiger partial charge is 0.381 e. The van der Waals surface area contributed by atoms with Gasteiger partial charge in [0.15, 0.2) is 0 Å². The van der Waals surface area contributed by atoms with Crippen LogP contribution < -0.4 is 10.5 Å². The normalized spacial score (nSPS) is 13.1. The van der Waals surface area contributed by atoms with Gasteiger partial charge in [0, 0.05) is 18.7 Å². The van der Waals surface area contributed by atoms with Crippen LogP contribution in [-0.2, 0) is 14.8 Å². The monoisotopic (exact) mass is 224 g/mol. The van der Waals surface area contributed by atoms with E-state index in [1.165, 1.54) is 0 Å². The zero-order valence-electron chi connectivity index (χ0n) is 9.04. The molecule has 0 aromatic carbocycles. The summed E-state index contributed by atoms with van der Waals surface area (Å²) in [6.07, 6.45) is 0. The predicted molar refractivity (Wildman–Crippen MR) is 56.5 cm³/mol. The van der Waals surface area contributed by atoms with Crippen molar-refractivity contribution in [1.29, 1.82) is 0 Å². The molecule has 0 atom stereocenters. The maximum Gasteiger partial charge on any atom is 0.214 e. The van der Waals surface area contributed by atoms with E-state index >= 15 is 0 Å². The molecule has 0 unspecified atom stereocenters. The fourth-order valence-corrected chi connectivity index (χ4v) is 2.19. The van der Waals surface area contributed by atoms with Crippen LogP contribution in [0.2, 0.25) is 0 Å². The van der Waals surface area contributed by atoms with Crippen molar-refractivity contribution in [3.8, 4) is 0 Å². The van der Waals surface area contributed by atoms with Gasteiger partial charge < -0.3 is 10.5 Å². The highest BCUT2D eigenvalue weighted by Crippen LogP contribution is 2.01. The SMILES string of the molecule is CCOCCS(=O)(=O)NC(C)(C)CN. The minimum absolute atomic E-state index is 0.0235. The first-order valence-electron chi connectivity index (χ1n) is 4.62. The summed E-state index contributed by atoms with van der Waals surface area (Å²) < 4.78 is 30.3. The highest BCUT2D eigenvalue weighted by atomic mass is 32.2. The maximum absolute atomic E-state index is 11.4. The van der Waals surface area contributed by atoms with Gasteiger partial charge in [0.2, 0.25) is 10.0 Å². The molecular weight excluding hydrogens is 204 g/mol. The van der Waals surface area contributed by atoms with E-state index in [4.69, 9.17) is 10.5 Å². The Morgan fingerprint density at radius 1 is 1.43 bits per heavy atom. The number of nitrogens with two attached hydrogens (primary N) is 1. The van der Waals surface area contributed by atoms with Crippen LogP contribution in [0.1, 0.15) is 20.8 Å². The first-order chi connectivity index (χ1) is 6.33. The lowest BCUT2D eigenvalue weighted by molar-refractivity contribution is 0.163. The summed E-state index contributed by atoms with van der Waals surface area (Å²) in [7, 11) is -3.28. The van der Waals surface area contributed by atoms with E-state index in [2.05, 4.69) is 4.72 Å². The molecule has 0 aliphatic rings. The van der Waals surface area contributed by atoms with Gasteiger partial charge >= 0.3 is 0 Å². The zero-order valence-corrected chi connectivity index (χ0v) is 9.86. The lowest BCUT2D eigenvalue weighted by Gasteiger charge is -2.23. The van der Waals surface area contributed by atoms with Crippen LogP contribution in [0, 0.1) is 0 Å². The molecule has 0 saturated carbocycles. The summed E-state index contributed by atoms with van der Waals surface area (Å²) in [6.45, 7) is 6.31. The average molecular weight is 224 g/mol. The number of ether oxygens (including phenoxy) is 1. The Kier molecular flexibility index (Phi) is 5.58. The Hall–Kier alpha value is -0.170. The van der Waals surface area contributed by atoms with E-state index in [0.717, 1.165) is 0 Å². The highest BCUT2D eigenvalue weighted by molar-refractivity contribution is 7.89. The van der Waals surface area contributed by atoms with E-state index in [1.54, 1.807) is 13.8 Å². The van der Waals surface area contributed by atoms with E-state index in [1.807, 2.05) is 6.92 Å². The molecule has 0 bridgehead atoms. The average Bonchev–Trinajstić information content (AvgIpc) is 2.03. The molecule has 0 saturated heterocycles. The summed E-state index contributed by atoms with van der Waals surface area (Å²) in [5, 5.41) is 0. The van der Waals surface area contributed by atoms with Gasteiger partial charge in [-0.1, -0.05) is 0 Å². The molecule has 5 nitrogen and oxygen atoms in total. The second kappa shape index (κ2) is 5.65. The molecule has 0 aromatic heterocycles. The first-order valence-corrected chi connectivity index (χ1v) is 6.27. The molecule has 0 radical (unpaired) electrons. The van der Waals surface area contributed by atoms with Crippen LogP contribution in [0.15, 0.2) is 0 Å². The number of hydrogen-bond donors (Lipinski definition) is 2. The minimum Gasteiger partial charge on any atom is -0.381 e. The molecule has 0 aromatic rings. The Balaban J connectivity index is 4.08. The van der Waals surface area contributed by atoms with E-state index in [9.17, 15) is 8.42 Å². The number of rotatable bonds is 7. The second-order valence-corrected chi connectivity index (χ2v) is 5.55. The topological polar surface area (TPSA) is 81.4 Å². The van der Waals surface area contributed by atoms with Gasteiger partial charge in [0.1, 0.15) is 0 Å². The minimum atomic E-state index is -3.28. The van der Waals surface area contributed by atoms with Crippen LogP contribution in [0.25, 0.3) is 0 Å². The molecule has 0 aliphatic heterocycles. The van der Waals surface area contributed by atoms with Gasteiger partial charge in [-0.3, -0.25) is 0 Å². The van der Waals surface area contributed by atoms with Crippen LogP contribution in [-0.4, -0.2) is 39.5 Å². The number of nitrogens with one attached hydrogen (secondary N) is 1. The van der Waals surface area contributed by atoms with Gasteiger partial charge in [0.25, 0.3) is 0 Å². The van der Waals surface area contributed by atoms with Crippen molar-refractivity contribution >= 4 is 10.0 Å². The lowest BCUT2D eigenvalue weighted by Crippen LogP contribution is -2.49. The molecule has 0 fully saturated rings. The Bertz CT molecular complexity index is 249. The summed E-state index contributed by atoms with van der Waals surface area (Å²) in [5.41, 5.74) is 4.82. The van der Waals surface area contributed by atoms with Gasteiger partial charge in [-0.15, -0.1) is 0 Å². The first kappa shape index (κ1) is 13.8. The second-order valence-electron chi connectivity index (χ2n) is 3.71. The standard InChI is InChI=1S/C8H20N2O3S/c1-4-13-5-6-14(11,12)10-8(2,3)7-9/h10H,4-7,9H2,1-3H3.